The van der Waals surface area contributed by atoms with Crippen LogP contribution in [0.25, 0.3) is 0 Å². The number of hydrogen-bond donors (Lipinski definition) is 3. The molecule has 0 aliphatic rings. The summed E-state index contributed by atoms with van der Waals surface area (Å²) in [5, 5.41) is 8.81. The van der Waals surface area contributed by atoms with Gasteiger partial charge in [0.05, 0.1) is 19.2 Å². The minimum atomic E-state index is -0.166. The van der Waals surface area contributed by atoms with Crippen molar-refractivity contribution in [2.75, 3.05) is 32.1 Å². The standard InChI is InChI=1S/C20H25N3O3/c1-15(22-19(24)14-21-11-12-26-2)17-9-6-10-18(13-17)23-20(25)16-7-4-3-5-8-16/h3-10,13,15,21H,11-12,14H2,1-2H3,(H,22,24)(H,23,25). The number of nitrogens with one attached hydrogen (secondary N) is 3. The highest BCUT2D eigenvalue weighted by atomic mass is 16.5. The van der Waals surface area contributed by atoms with Crippen LogP contribution in [0.5, 0.6) is 0 Å². The van der Waals surface area contributed by atoms with Crippen molar-refractivity contribution in [1.82, 2.24) is 10.6 Å². The van der Waals surface area contributed by atoms with Gasteiger partial charge in [0.1, 0.15) is 0 Å². The predicted molar refractivity (Wildman–Crippen MR) is 102 cm³/mol. The van der Waals surface area contributed by atoms with E-state index in [2.05, 4.69) is 16.0 Å². The van der Waals surface area contributed by atoms with Crippen LogP contribution in [0.2, 0.25) is 0 Å². The number of amides is 2. The number of hydrogen-bond acceptors (Lipinski definition) is 4. The Morgan fingerprint density at radius 3 is 2.58 bits per heavy atom. The molecule has 3 N–H and O–H groups in total. The summed E-state index contributed by atoms with van der Waals surface area (Å²) in [6.45, 7) is 3.33. The average molecular weight is 355 g/mol. The molecule has 2 aromatic rings. The second-order valence-electron chi connectivity index (χ2n) is 5.90. The van der Waals surface area contributed by atoms with Crippen LogP contribution < -0.4 is 16.0 Å². The molecule has 6 heteroatoms. The molecule has 0 spiro atoms. The third kappa shape index (κ3) is 6.31. The first-order chi connectivity index (χ1) is 12.6. The van der Waals surface area contributed by atoms with Crippen LogP contribution in [-0.4, -0.2) is 38.6 Å². The first-order valence-corrected chi connectivity index (χ1v) is 8.55. The molecule has 2 rings (SSSR count). The van der Waals surface area contributed by atoms with Crippen molar-refractivity contribution in [3.05, 3.63) is 65.7 Å². The van der Waals surface area contributed by atoms with Crippen LogP contribution in [0.3, 0.4) is 0 Å². The van der Waals surface area contributed by atoms with Crippen LogP contribution in [-0.2, 0) is 9.53 Å². The number of carbonyl (C=O) groups excluding carboxylic acids is 2. The molecule has 0 aliphatic heterocycles. The lowest BCUT2D eigenvalue weighted by atomic mass is 10.1. The SMILES string of the molecule is COCCNCC(=O)NC(C)c1cccc(NC(=O)c2ccccc2)c1. The van der Waals surface area contributed by atoms with Crippen LogP contribution in [0.4, 0.5) is 5.69 Å². The van der Waals surface area contributed by atoms with Crippen molar-refractivity contribution in [2.24, 2.45) is 0 Å². The van der Waals surface area contributed by atoms with Crippen molar-refractivity contribution >= 4 is 17.5 Å². The maximum absolute atomic E-state index is 12.2. The first kappa shape index (κ1) is 19.6. The lowest BCUT2D eigenvalue weighted by Gasteiger charge is -2.16. The molecular formula is C20H25N3O3. The minimum Gasteiger partial charge on any atom is -0.383 e. The summed E-state index contributed by atoms with van der Waals surface area (Å²) in [7, 11) is 1.62. The van der Waals surface area contributed by atoms with Crippen LogP contribution >= 0.6 is 0 Å². The Morgan fingerprint density at radius 2 is 1.85 bits per heavy atom. The molecular weight excluding hydrogens is 330 g/mol. The Kier molecular flexibility index (Phi) is 7.79. The van der Waals surface area contributed by atoms with Gasteiger partial charge in [0.2, 0.25) is 5.91 Å². The molecule has 0 saturated carbocycles. The summed E-state index contributed by atoms with van der Waals surface area (Å²) in [4.78, 5) is 24.2. The van der Waals surface area contributed by atoms with Crippen LogP contribution in [0.15, 0.2) is 54.6 Å². The Balaban J connectivity index is 1.91. The topological polar surface area (TPSA) is 79.5 Å². The van der Waals surface area contributed by atoms with Gasteiger partial charge in [-0.2, -0.15) is 0 Å². The fourth-order valence-corrected chi connectivity index (χ4v) is 2.43. The van der Waals surface area contributed by atoms with E-state index in [9.17, 15) is 9.59 Å². The fourth-order valence-electron chi connectivity index (χ4n) is 2.43. The van der Waals surface area contributed by atoms with Crippen LogP contribution in [0, 0.1) is 0 Å². The van der Waals surface area contributed by atoms with Gasteiger partial charge in [0.15, 0.2) is 0 Å². The van der Waals surface area contributed by atoms with Crippen molar-refractivity contribution < 1.29 is 14.3 Å². The van der Waals surface area contributed by atoms with Gasteiger partial charge >= 0.3 is 0 Å². The van der Waals surface area contributed by atoms with Gasteiger partial charge in [-0.25, -0.2) is 0 Å². The molecule has 0 fully saturated rings. The van der Waals surface area contributed by atoms with E-state index in [1.807, 2.05) is 49.4 Å². The molecule has 2 amide bonds. The normalized spacial score (nSPS) is 11.6. The summed E-state index contributed by atoms with van der Waals surface area (Å²) in [5.74, 6) is -0.255. The van der Waals surface area contributed by atoms with E-state index in [1.165, 1.54) is 0 Å². The second-order valence-corrected chi connectivity index (χ2v) is 5.90. The van der Waals surface area contributed by atoms with Gasteiger partial charge in [0.25, 0.3) is 5.91 Å². The van der Waals surface area contributed by atoms with Crippen molar-refractivity contribution in [1.29, 1.82) is 0 Å². The smallest absolute Gasteiger partial charge is 0.255 e. The highest BCUT2D eigenvalue weighted by molar-refractivity contribution is 6.04. The van der Waals surface area contributed by atoms with Gasteiger partial charge in [-0.1, -0.05) is 30.3 Å². The Bertz CT molecular complexity index is 719. The van der Waals surface area contributed by atoms with Crippen molar-refractivity contribution in [3.8, 4) is 0 Å². The monoisotopic (exact) mass is 355 g/mol. The van der Waals surface area contributed by atoms with Gasteiger partial charge < -0.3 is 20.7 Å². The molecule has 0 radical (unpaired) electrons. The van der Waals surface area contributed by atoms with E-state index >= 15 is 0 Å². The van der Waals surface area contributed by atoms with Gasteiger partial charge in [0, 0.05) is 24.9 Å². The number of carbonyl (C=O) groups is 2. The summed E-state index contributed by atoms with van der Waals surface area (Å²) in [6, 6.07) is 16.3. The van der Waals surface area contributed by atoms with Gasteiger partial charge in [-0.3, -0.25) is 9.59 Å². The van der Waals surface area contributed by atoms with E-state index in [0.717, 1.165) is 5.56 Å². The highest BCUT2D eigenvalue weighted by Crippen LogP contribution is 2.18. The van der Waals surface area contributed by atoms with E-state index in [4.69, 9.17) is 4.74 Å². The maximum Gasteiger partial charge on any atom is 0.255 e. The Labute approximate surface area is 153 Å². The number of methoxy groups -OCH3 is 1. The molecule has 138 valence electrons. The fraction of sp³-hybridized carbons (Fsp3) is 0.300. The molecule has 0 aromatic heterocycles. The lowest BCUT2D eigenvalue weighted by Crippen LogP contribution is -2.36. The summed E-state index contributed by atoms with van der Waals surface area (Å²) in [5.41, 5.74) is 2.21. The lowest BCUT2D eigenvalue weighted by molar-refractivity contribution is -0.120. The minimum absolute atomic E-state index is 0.0904. The second kappa shape index (κ2) is 10.3. The zero-order chi connectivity index (χ0) is 18.8. The largest absolute Gasteiger partial charge is 0.383 e. The van der Waals surface area contributed by atoms with Crippen LogP contribution in [0.1, 0.15) is 28.9 Å². The number of ether oxygens (including phenoxy) is 1. The van der Waals surface area contributed by atoms with E-state index in [1.54, 1.807) is 19.2 Å². The molecule has 2 aromatic carbocycles. The molecule has 0 aliphatic carbocycles. The van der Waals surface area contributed by atoms with E-state index in [0.29, 0.717) is 24.4 Å². The average Bonchev–Trinajstić information content (AvgIpc) is 2.66. The molecule has 1 atom stereocenters. The number of anilines is 1. The molecule has 1 unspecified atom stereocenters. The van der Waals surface area contributed by atoms with E-state index in [-0.39, 0.29) is 24.4 Å². The van der Waals surface area contributed by atoms with E-state index < -0.39 is 0 Å². The third-order valence-corrected chi connectivity index (χ3v) is 3.83. The van der Waals surface area contributed by atoms with Gasteiger partial charge in [-0.05, 0) is 36.8 Å². The molecule has 0 saturated heterocycles. The molecule has 26 heavy (non-hydrogen) atoms. The summed E-state index contributed by atoms with van der Waals surface area (Å²) < 4.78 is 4.92. The number of rotatable bonds is 9. The predicted octanol–water partition coefficient (Wildman–Crippen LogP) is 2.35. The van der Waals surface area contributed by atoms with Crippen molar-refractivity contribution in [2.45, 2.75) is 13.0 Å². The Hall–Kier alpha value is -2.70. The van der Waals surface area contributed by atoms with Gasteiger partial charge in [-0.15, -0.1) is 0 Å². The first-order valence-electron chi connectivity index (χ1n) is 8.55. The molecule has 6 nitrogen and oxygen atoms in total. The number of benzene rings is 2. The summed E-state index contributed by atoms with van der Waals surface area (Å²) >= 11 is 0. The highest BCUT2D eigenvalue weighted by Gasteiger charge is 2.11. The summed E-state index contributed by atoms with van der Waals surface area (Å²) in [6.07, 6.45) is 0. The maximum atomic E-state index is 12.2. The quantitative estimate of drug-likeness (QED) is 0.603. The molecule has 0 heterocycles. The third-order valence-electron chi connectivity index (χ3n) is 3.83. The Morgan fingerprint density at radius 1 is 1.08 bits per heavy atom. The zero-order valence-electron chi connectivity index (χ0n) is 15.1. The molecule has 0 bridgehead atoms. The van der Waals surface area contributed by atoms with Crippen molar-refractivity contribution in [3.63, 3.8) is 0 Å². The zero-order valence-corrected chi connectivity index (χ0v) is 15.1.